The van der Waals surface area contributed by atoms with Gasteiger partial charge in [0.15, 0.2) is 0 Å². The Balaban J connectivity index is 2.45. The van der Waals surface area contributed by atoms with Crippen molar-refractivity contribution >= 4 is 44.6 Å². The summed E-state index contributed by atoms with van der Waals surface area (Å²) in [5.74, 6) is 0. The predicted molar refractivity (Wildman–Crippen MR) is 87.6 cm³/mol. The summed E-state index contributed by atoms with van der Waals surface area (Å²) in [7, 11) is -3.76. The lowest BCUT2D eigenvalue weighted by atomic mass is 10.2. The number of halogens is 2. The molecule has 0 saturated heterocycles. The summed E-state index contributed by atoms with van der Waals surface area (Å²) >= 11 is 12.1. The van der Waals surface area contributed by atoms with Crippen molar-refractivity contribution in [2.45, 2.75) is 18.7 Å². The molecule has 7 heteroatoms. The third-order valence-electron chi connectivity index (χ3n) is 2.98. The maximum Gasteiger partial charge on any atom is 0.262 e. The van der Waals surface area contributed by atoms with Crippen molar-refractivity contribution in [3.8, 4) is 0 Å². The molecule has 0 amide bonds. The lowest BCUT2D eigenvalue weighted by Crippen LogP contribution is -2.14. The van der Waals surface area contributed by atoms with E-state index in [1.807, 2.05) is 0 Å². The molecule has 2 rings (SSSR count). The van der Waals surface area contributed by atoms with Crippen molar-refractivity contribution in [1.82, 2.24) is 0 Å². The van der Waals surface area contributed by atoms with Crippen LogP contribution >= 0.6 is 23.2 Å². The van der Waals surface area contributed by atoms with Gasteiger partial charge in [0.05, 0.1) is 15.6 Å². The van der Waals surface area contributed by atoms with Crippen LogP contribution in [0.5, 0.6) is 0 Å². The predicted octanol–water partition coefficient (Wildman–Crippen LogP) is 3.99. The SMILES string of the molecule is Cc1cc(Cl)c(NS(=O)(=O)c2ccc(N)cc2C)cc1Cl. The van der Waals surface area contributed by atoms with Crippen LogP contribution in [0.15, 0.2) is 35.2 Å². The van der Waals surface area contributed by atoms with Crippen molar-refractivity contribution in [3.05, 3.63) is 51.5 Å². The van der Waals surface area contributed by atoms with Crippen LogP contribution in [0.4, 0.5) is 11.4 Å². The van der Waals surface area contributed by atoms with Gasteiger partial charge in [-0.3, -0.25) is 4.72 Å². The molecular formula is C14H14Cl2N2O2S. The highest BCUT2D eigenvalue weighted by molar-refractivity contribution is 7.92. The van der Waals surface area contributed by atoms with Gasteiger partial charge >= 0.3 is 0 Å². The minimum Gasteiger partial charge on any atom is -0.399 e. The van der Waals surface area contributed by atoms with Crippen molar-refractivity contribution in [2.75, 3.05) is 10.5 Å². The Morgan fingerprint density at radius 3 is 2.29 bits per heavy atom. The number of rotatable bonds is 3. The highest BCUT2D eigenvalue weighted by Gasteiger charge is 2.18. The van der Waals surface area contributed by atoms with E-state index in [1.165, 1.54) is 18.2 Å². The summed E-state index contributed by atoms with van der Waals surface area (Å²) in [6.07, 6.45) is 0. The molecule has 2 aromatic rings. The number of anilines is 2. The molecule has 0 unspecified atom stereocenters. The second-order valence-electron chi connectivity index (χ2n) is 4.71. The molecule has 0 aromatic heterocycles. The molecule has 112 valence electrons. The highest BCUT2D eigenvalue weighted by Crippen LogP contribution is 2.31. The third-order valence-corrected chi connectivity index (χ3v) is 5.23. The van der Waals surface area contributed by atoms with Gasteiger partial charge in [0.2, 0.25) is 0 Å². The number of nitrogen functional groups attached to an aromatic ring is 1. The largest absolute Gasteiger partial charge is 0.399 e. The van der Waals surface area contributed by atoms with Gasteiger partial charge in [0.1, 0.15) is 0 Å². The fourth-order valence-electron chi connectivity index (χ4n) is 1.90. The summed E-state index contributed by atoms with van der Waals surface area (Å²) in [5.41, 5.74) is 7.70. The number of nitrogens with two attached hydrogens (primary N) is 1. The van der Waals surface area contributed by atoms with Crippen molar-refractivity contribution in [3.63, 3.8) is 0 Å². The summed E-state index contributed by atoms with van der Waals surface area (Å²) < 4.78 is 27.3. The third kappa shape index (κ3) is 3.43. The van der Waals surface area contributed by atoms with Crippen LogP contribution in [0.3, 0.4) is 0 Å². The zero-order valence-electron chi connectivity index (χ0n) is 11.4. The van der Waals surface area contributed by atoms with Crippen molar-refractivity contribution in [1.29, 1.82) is 0 Å². The molecule has 0 aliphatic rings. The number of hydrogen-bond acceptors (Lipinski definition) is 3. The summed E-state index contributed by atoms with van der Waals surface area (Å²) in [4.78, 5) is 0.143. The first-order valence-electron chi connectivity index (χ1n) is 6.05. The number of aryl methyl sites for hydroxylation is 2. The molecular weight excluding hydrogens is 331 g/mol. The zero-order chi connectivity index (χ0) is 15.8. The maximum absolute atomic E-state index is 12.4. The molecule has 0 fully saturated rings. The summed E-state index contributed by atoms with van der Waals surface area (Å²) in [6.45, 7) is 3.46. The fraction of sp³-hybridized carbons (Fsp3) is 0.143. The quantitative estimate of drug-likeness (QED) is 0.826. The molecule has 0 bridgehead atoms. The molecule has 2 aromatic carbocycles. The van der Waals surface area contributed by atoms with Gasteiger partial charge < -0.3 is 5.73 Å². The first-order valence-corrected chi connectivity index (χ1v) is 8.29. The minimum atomic E-state index is -3.76. The van der Waals surface area contributed by atoms with Gasteiger partial charge in [-0.15, -0.1) is 0 Å². The second-order valence-corrected chi connectivity index (χ2v) is 7.18. The first-order chi connectivity index (χ1) is 9.70. The molecule has 0 radical (unpaired) electrons. The smallest absolute Gasteiger partial charge is 0.262 e. The monoisotopic (exact) mass is 344 g/mol. The van der Waals surface area contributed by atoms with Gasteiger partial charge in [-0.1, -0.05) is 23.2 Å². The zero-order valence-corrected chi connectivity index (χ0v) is 13.8. The van der Waals surface area contributed by atoms with E-state index < -0.39 is 10.0 Å². The minimum absolute atomic E-state index is 0.143. The van der Waals surface area contributed by atoms with E-state index in [0.717, 1.165) is 5.56 Å². The first kappa shape index (κ1) is 15.9. The number of benzene rings is 2. The lowest BCUT2D eigenvalue weighted by molar-refractivity contribution is 0.600. The van der Waals surface area contributed by atoms with Crippen LogP contribution in [0, 0.1) is 13.8 Å². The normalized spacial score (nSPS) is 11.4. The molecule has 0 aliphatic heterocycles. The Morgan fingerprint density at radius 1 is 1.00 bits per heavy atom. The number of sulfonamides is 1. The van der Waals surface area contributed by atoms with Gasteiger partial charge in [-0.25, -0.2) is 8.42 Å². The number of hydrogen-bond donors (Lipinski definition) is 2. The average Bonchev–Trinajstić information content (AvgIpc) is 2.35. The molecule has 0 spiro atoms. The Hall–Kier alpha value is -1.43. The Labute approximate surface area is 133 Å². The van der Waals surface area contributed by atoms with Gasteiger partial charge in [-0.05, 0) is 55.3 Å². The van der Waals surface area contributed by atoms with Gasteiger partial charge in [0.25, 0.3) is 10.0 Å². The van der Waals surface area contributed by atoms with Crippen LogP contribution in [0.2, 0.25) is 10.0 Å². The Bertz CT molecular complexity index is 805. The average molecular weight is 345 g/mol. The van der Waals surface area contributed by atoms with E-state index in [0.29, 0.717) is 16.3 Å². The number of nitrogens with one attached hydrogen (secondary N) is 1. The van der Waals surface area contributed by atoms with E-state index in [1.54, 1.807) is 26.0 Å². The summed E-state index contributed by atoms with van der Waals surface area (Å²) in [5, 5.41) is 0.722. The van der Waals surface area contributed by atoms with Crippen LogP contribution in [0.25, 0.3) is 0 Å². The van der Waals surface area contributed by atoms with E-state index in [9.17, 15) is 8.42 Å². The Kier molecular flexibility index (Phi) is 4.37. The second kappa shape index (κ2) is 5.75. The fourth-order valence-corrected chi connectivity index (χ4v) is 3.68. The van der Waals surface area contributed by atoms with Crippen LogP contribution in [0.1, 0.15) is 11.1 Å². The lowest BCUT2D eigenvalue weighted by Gasteiger charge is -2.13. The van der Waals surface area contributed by atoms with E-state index in [2.05, 4.69) is 4.72 Å². The summed E-state index contributed by atoms with van der Waals surface area (Å²) in [6, 6.07) is 7.68. The van der Waals surface area contributed by atoms with E-state index >= 15 is 0 Å². The van der Waals surface area contributed by atoms with Crippen molar-refractivity contribution in [2.24, 2.45) is 0 Å². The molecule has 0 saturated carbocycles. The van der Waals surface area contributed by atoms with Crippen LogP contribution in [-0.2, 0) is 10.0 Å². The van der Waals surface area contributed by atoms with Crippen LogP contribution in [-0.4, -0.2) is 8.42 Å². The van der Waals surface area contributed by atoms with Gasteiger partial charge in [-0.2, -0.15) is 0 Å². The molecule has 0 heterocycles. The molecule has 0 atom stereocenters. The van der Waals surface area contributed by atoms with Crippen molar-refractivity contribution < 1.29 is 8.42 Å². The van der Waals surface area contributed by atoms with Gasteiger partial charge in [0, 0.05) is 10.7 Å². The van der Waals surface area contributed by atoms with E-state index in [-0.39, 0.29) is 15.6 Å². The molecule has 3 N–H and O–H groups in total. The maximum atomic E-state index is 12.4. The highest BCUT2D eigenvalue weighted by atomic mass is 35.5. The standard InChI is InChI=1S/C14H14Cl2N2O2S/c1-8-6-12(16)13(7-11(8)15)18-21(19,20)14-4-3-10(17)5-9(14)2/h3-7,18H,17H2,1-2H3. The van der Waals surface area contributed by atoms with E-state index in [4.69, 9.17) is 28.9 Å². The molecule has 4 nitrogen and oxygen atoms in total. The topological polar surface area (TPSA) is 72.2 Å². The molecule has 21 heavy (non-hydrogen) atoms. The molecule has 0 aliphatic carbocycles. The van der Waals surface area contributed by atoms with Crippen LogP contribution < -0.4 is 10.5 Å². The Morgan fingerprint density at radius 2 is 1.67 bits per heavy atom.